The molecule has 0 aromatic heterocycles. The molecule has 0 heteroatoms. The molecule has 0 aromatic rings. The molecule has 0 radical (unpaired) electrons. The van der Waals surface area contributed by atoms with E-state index in [9.17, 15) is 0 Å². The fourth-order valence-corrected chi connectivity index (χ4v) is 3.56. The van der Waals surface area contributed by atoms with Crippen molar-refractivity contribution in [2.75, 3.05) is 0 Å². The van der Waals surface area contributed by atoms with Gasteiger partial charge in [0, 0.05) is 0 Å². The standard InChI is InChI=1S/C11H20/c1-5-10(3)6-8(2)9-7-11(9,10)4/h8-9H,5-7H2,1-4H3. The summed E-state index contributed by atoms with van der Waals surface area (Å²) in [5.41, 5.74) is 1.41. The Morgan fingerprint density at radius 1 is 1.27 bits per heavy atom. The van der Waals surface area contributed by atoms with E-state index in [4.69, 9.17) is 0 Å². The minimum Gasteiger partial charge on any atom is -0.0648 e. The van der Waals surface area contributed by atoms with E-state index in [0.29, 0.717) is 5.41 Å². The quantitative estimate of drug-likeness (QED) is 0.539. The number of hydrogen-bond acceptors (Lipinski definition) is 0. The predicted octanol–water partition coefficient (Wildman–Crippen LogP) is 3.47. The summed E-state index contributed by atoms with van der Waals surface area (Å²) in [6, 6.07) is 0. The molecule has 4 unspecified atom stereocenters. The largest absolute Gasteiger partial charge is 0.0648 e. The average Bonchev–Trinajstić information content (AvgIpc) is 2.59. The van der Waals surface area contributed by atoms with Crippen molar-refractivity contribution in [3.63, 3.8) is 0 Å². The lowest BCUT2D eigenvalue weighted by molar-refractivity contribution is 0.182. The Balaban J connectivity index is 2.25. The van der Waals surface area contributed by atoms with Gasteiger partial charge in [0.2, 0.25) is 0 Å². The summed E-state index contributed by atoms with van der Waals surface area (Å²) in [6.07, 6.45) is 4.37. The van der Waals surface area contributed by atoms with E-state index in [0.717, 1.165) is 17.3 Å². The first kappa shape index (κ1) is 7.64. The second kappa shape index (κ2) is 1.84. The van der Waals surface area contributed by atoms with Crippen molar-refractivity contribution < 1.29 is 0 Å². The lowest BCUT2D eigenvalue weighted by Crippen LogP contribution is -2.22. The second-order valence-corrected chi connectivity index (χ2v) is 5.32. The van der Waals surface area contributed by atoms with Gasteiger partial charge in [-0.15, -0.1) is 0 Å². The van der Waals surface area contributed by atoms with Crippen LogP contribution in [0.5, 0.6) is 0 Å². The third kappa shape index (κ3) is 0.711. The van der Waals surface area contributed by atoms with E-state index in [1.54, 1.807) is 0 Å². The zero-order valence-electron chi connectivity index (χ0n) is 8.28. The first-order valence-electron chi connectivity index (χ1n) is 5.03. The average molecular weight is 152 g/mol. The minimum absolute atomic E-state index is 0.678. The highest BCUT2D eigenvalue weighted by atomic mass is 14.7. The van der Waals surface area contributed by atoms with Crippen LogP contribution >= 0.6 is 0 Å². The van der Waals surface area contributed by atoms with Gasteiger partial charge in [-0.3, -0.25) is 0 Å². The van der Waals surface area contributed by atoms with Gasteiger partial charge in [0.15, 0.2) is 0 Å². The van der Waals surface area contributed by atoms with Crippen molar-refractivity contribution in [3.05, 3.63) is 0 Å². The minimum atomic E-state index is 0.678. The lowest BCUT2D eigenvalue weighted by Gasteiger charge is -2.31. The molecule has 0 nitrogen and oxygen atoms in total. The molecular formula is C11H20. The van der Waals surface area contributed by atoms with Gasteiger partial charge in [0.25, 0.3) is 0 Å². The molecule has 2 aliphatic rings. The smallest absolute Gasteiger partial charge is 0.0238 e. The fourth-order valence-electron chi connectivity index (χ4n) is 3.56. The molecule has 2 aliphatic carbocycles. The van der Waals surface area contributed by atoms with Crippen LogP contribution in [-0.2, 0) is 0 Å². The molecule has 0 spiro atoms. The van der Waals surface area contributed by atoms with E-state index in [-0.39, 0.29) is 0 Å². The Hall–Kier alpha value is 0. The summed E-state index contributed by atoms with van der Waals surface area (Å²) >= 11 is 0. The molecule has 2 fully saturated rings. The van der Waals surface area contributed by atoms with Gasteiger partial charge in [-0.25, -0.2) is 0 Å². The Labute approximate surface area is 70.4 Å². The van der Waals surface area contributed by atoms with E-state index >= 15 is 0 Å². The van der Waals surface area contributed by atoms with E-state index in [1.165, 1.54) is 19.3 Å². The van der Waals surface area contributed by atoms with Crippen LogP contribution in [0.15, 0.2) is 0 Å². The molecule has 2 rings (SSSR count). The first-order chi connectivity index (χ1) is 5.03. The SMILES string of the molecule is CCC1(C)CC(C)C2CC21C. The summed E-state index contributed by atoms with van der Waals surface area (Å²) in [7, 11) is 0. The summed E-state index contributed by atoms with van der Waals surface area (Å²) in [5, 5.41) is 0. The van der Waals surface area contributed by atoms with Gasteiger partial charge in [-0.2, -0.15) is 0 Å². The highest BCUT2D eigenvalue weighted by Crippen LogP contribution is 2.74. The molecule has 0 aliphatic heterocycles. The maximum atomic E-state index is 2.50. The van der Waals surface area contributed by atoms with Crippen LogP contribution < -0.4 is 0 Å². The van der Waals surface area contributed by atoms with Crippen LogP contribution in [0.1, 0.15) is 47.0 Å². The van der Waals surface area contributed by atoms with E-state index in [1.807, 2.05) is 0 Å². The van der Waals surface area contributed by atoms with Gasteiger partial charge in [-0.05, 0) is 35.5 Å². The highest BCUT2D eigenvalue weighted by molar-refractivity contribution is 5.15. The van der Waals surface area contributed by atoms with E-state index in [2.05, 4.69) is 27.7 Å². The molecule has 0 saturated heterocycles. The Morgan fingerprint density at radius 3 is 2.09 bits per heavy atom. The predicted molar refractivity (Wildman–Crippen MR) is 48.4 cm³/mol. The van der Waals surface area contributed by atoms with Gasteiger partial charge >= 0.3 is 0 Å². The maximum Gasteiger partial charge on any atom is -0.0238 e. The molecule has 0 heterocycles. The molecule has 0 N–H and O–H groups in total. The normalized spacial score (nSPS) is 61.1. The zero-order chi connectivity index (χ0) is 8.28. The second-order valence-electron chi connectivity index (χ2n) is 5.32. The summed E-state index contributed by atoms with van der Waals surface area (Å²) in [6.45, 7) is 9.80. The number of fused-ring (bicyclic) bond motifs is 1. The van der Waals surface area contributed by atoms with Gasteiger partial charge in [0.05, 0.1) is 0 Å². The monoisotopic (exact) mass is 152 g/mol. The third-order valence-corrected chi connectivity index (χ3v) is 4.92. The van der Waals surface area contributed by atoms with Crippen LogP contribution in [-0.4, -0.2) is 0 Å². The molecule has 64 valence electrons. The van der Waals surface area contributed by atoms with Crippen LogP contribution in [0.4, 0.5) is 0 Å². The van der Waals surface area contributed by atoms with E-state index < -0.39 is 0 Å². The van der Waals surface area contributed by atoms with Gasteiger partial charge < -0.3 is 0 Å². The summed E-state index contributed by atoms with van der Waals surface area (Å²) in [5.74, 6) is 2.08. The van der Waals surface area contributed by atoms with Crippen molar-refractivity contribution in [3.8, 4) is 0 Å². The molecule has 11 heavy (non-hydrogen) atoms. The number of rotatable bonds is 1. The molecule has 0 aromatic carbocycles. The Bertz CT molecular complexity index is 184. The van der Waals surface area contributed by atoms with Crippen LogP contribution in [0.3, 0.4) is 0 Å². The molecule has 0 amide bonds. The highest BCUT2D eigenvalue weighted by Gasteiger charge is 2.66. The van der Waals surface area contributed by atoms with Gasteiger partial charge in [-0.1, -0.05) is 34.1 Å². The summed E-state index contributed by atoms with van der Waals surface area (Å²) in [4.78, 5) is 0. The van der Waals surface area contributed by atoms with Gasteiger partial charge in [0.1, 0.15) is 0 Å². The maximum absolute atomic E-state index is 2.50. The third-order valence-electron chi connectivity index (χ3n) is 4.92. The Morgan fingerprint density at radius 2 is 1.91 bits per heavy atom. The topological polar surface area (TPSA) is 0 Å². The van der Waals surface area contributed by atoms with Crippen molar-refractivity contribution in [2.24, 2.45) is 22.7 Å². The Kier molecular flexibility index (Phi) is 1.28. The number of hydrogen-bond donors (Lipinski definition) is 0. The lowest BCUT2D eigenvalue weighted by atomic mass is 9.73. The van der Waals surface area contributed by atoms with Crippen LogP contribution in [0, 0.1) is 22.7 Å². The fraction of sp³-hybridized carbons (Fsp3) is 1.00. The molecule has 4 atom stereocenters. The molecular weight excluding hydrogens is 132 g/mol. The van der Waals surface area contributed by atoms with Crippen LogP contribution in [0.25, 0.3) is 0 Å². The van der Waals surface area contributed by atoms with Crippen molar-refractivity contribution >= 4 is 0 Å². The van der Waals surface area contributed by atoms with Crippen molar-refractivity contribution in [2.45, 2.75) is 47.0 Å². The van der Waals surface area contributed by atoms with Crippen molar-refractivity contribution in [1.82, 2.24) is 0 Å². The summed E-state index contributed by atoms with van der Waals surface area (Å²) < 4.78 is 0. The molecule has 0 bridgehead atoms. The van der Waals surface area contributed by atoms with Crippen LogP contribution in [0.2, 0.25) is 0 Å². The van der Waals surface area contributed by atoms with Crippen molar-refractivity contribution in [1.29, 1.82) is 0 Å². The first-order valence-corrected chi connectivity index (χ1v) is 5.03. The zero-order valence-corrected chi connectivity index (χ0v) is 8.28. The molecule has 2 saturated carbocycles.